The highest BCUT2D eigenvalue weighted by Crippen LogP contribution is 2.22. The van der Waals surface area contributed by atoms with Crippen molar-refractivity contribution in [2.45, 2.75) is 18.9 Å². The summed E-state index contributed by atoms with van der Waals surface area (Å²) in [6.07, 6.45) is 0.929. The maximum atomic E-state index is 12.1. The van der Waals surface area contributed by atoms with Crippen molar-refractivity contribution in [3.05, 3.63) is 33.3 Å². The molecule has 19 heavy (non-hydrogen) atoms. The molecule has 1 aromatic rings. The lowest BCUT2D eigenvalue weighted by molar-refractivity contribution is 0.0933. The van der Waals surface area contributed by atoms with Gasteiger partial charge in [0.2, 0.25) is 0 Å². The van der Waals surface area contributed by atoms with Gasteiger partial charge >= 0.3 is 0 Å². The molecule has 1 aliphatic rings. The van der Waals surface area contributed by atoms with Crippen LogP contribution in [0.3, 0.4) is 0 Å². The first-order valence-electron chi connectivity index (χ1n) is 5.84. The van der Waals surface area contributed by atoms with E-state index in [4.69, 9.17) is 11.6 Å². The van der Waals surface area contributed by atoms with Crippen LogP contribution < -0.4 is 5.32 Å². The lowest BCUT2D eigenvalue weighted by atomic mass is 10.1. The van der Waals surface area contributed by atoms with Crippen molar-refractivity contribution < 1.29 is 13.2 Å². The molecule has 1 saturated heterocycles. The van der Waals surface area contributed by atoms with Crippen LogP contribution in [0, 0.1) is 0 Å². The summed E-state index contributed by atoms with van der Waals surface area (Å²) >= 11 is 9.16. The number of hydrogen-bond acceptors (Lipinski definition) is 3. The van der Waals surface area contributed by atoms with Gasteiger partial charge in [0.15, 0.2) is 0 Å². The van der Waals surface area contributed by atoms with Gasteiger partial charge in [-0.05, 0) is 47.0 Å². The molecule has 0 saturated carbocycles. The van der Waals surface area contributed by atoms with Crippen molar-refractivity contribution in [3.63, 3.8) is 0 Å². The zero-order valence-electron chi connectivity index (χ0n) is 10.0. The minimum Gasteiger partial charge on any atom is -0.349 e. The number of amides is 1. The van der Waals surface area contributed by atoms with Gasteiger partial charge in [-0.2, -0.15) is 0 Å². The molecule has 0 bridgehead atoms. The maximum Gasteiger partial charge on any atom is 0.252 e. The molecule has 1 aliphatic heterocycles. The van der Waals surface area contributed by atoms with E-state index in [0.717, 1.165) is 0 Å². The largest absolute Gasteiger partial charge is 0.349 e. The summed E-state index contributed by atoms with van der Waals surface area (Å²) in [5.41, 5.74) is 0.459. The van der Waals surface area contributed by atoms with Crippen molar-refractivity contribution in [2.75, 3.05) is 11.5 Å². The van der Waals surface area contributed by atoms with Crippen LogP contribution in [-0.4, -0.2) is 31.9 Å². The van der Waals surface area contributed by atoms with Gasteiger partial charge in [0.05, 0.1) is 17.1 Å². The van der Waals surface area contributed by atoms with Gasteiger partial charge in [-0.25, -0.2) is 8.42 Å². The third kappa shape index (κ3) is 3.94. The average molecular weight is 367 g/mol. The molecule has 0 aromatic heterocycles. The number of benzene rings is 1. The van der Waals surface area contributed by atoms with Crippen molar-refractivity contribution in [3.8, 4) is 0 Å². The lowest BCUT2D eigenvalue weighted by Gasteiger charge is -2.23. The second-order valence-electron chi connectivity index (χ2n) is 4.52. The summed E-state index contributed by atoms with van der Waals surface area (Å²) in [6.45, 7) is 0. The topological polar surface area (TPSA) is 63.2 Å². The van der Waals surface area contributed by atoms with Gasteiger partial charge in [-0.15, -0.1) is 0 Å². The summed E-state index contributed by atoms with van der Waals surface area (Å²) in [7, 11) is -2.91. The van der Waals surface area contributed by atoms with Crippen LogP contribution in [0.2, 0.25) is 5.02 Å². The van der Waals surface area contributed by atoms with E-state index in [2.05, 4.69) is 21.2 Å². The number of hydrogen-bond donors (Lipinski definition) is 1. The molecule has 0 unspecified atom stereocenters. The molecule has 2 rings (SSSR count). The molecule has 1 fully saturated rings. The van der Waals surface area contributed by atoms with Crippen LogP contribution in [0.1, 0.15) is 23.2 Å². The van der Waals surface area contributed by atoms with E-state index in [-0.39, 0.29) is 23.5 Å². The number of nitrogens with one attached hydrogen (secondary N) is 1. The minimum absolute atomic E-state index is 0.0955. The van der Waals surface area contributed by atoms with Crippen molar-refractivity contribution >= 4 is 43.3 Å². The zero-order valence-corrected chi connectivity index (χ0v) is 13.2. The van der Waals surface area contributed by atoms with E-state index in [1.807, 2.05) is 0 Å². The molecule has 7 heteroatoms. The second-order valence-corrected chi connectivity index (χ2v) is 8.12. The van der Waals surface area contributed by atoms with Gasteiger partial charge in [-0.1, -0.05) is 11.6 Å². The first-order valence-corrected chi connectivity index (χ1v) is 8.83. The van der Waals surface area contributed by atoms with E-state index in [1.54, 1.807) is 18.2 Å². The molecule has 1 N–H and O–H groups in total. The summed E-state index contributed by atoms with van der Waals surface area (Å²) in [4.78, 5) is 12.1. The fourth-order valence-corrected chi connectivity index (χ4v) is 4.06. The molecule has 1 heterocycles. The molecule has 0 radical (unpaired) electrons. The Balaban J connectivity index is 2.04. The Morgan fingerprint density at radius 3 is 2.58 bits per heavy atom. The molecule has 0 spiro atoms. The number of carbonyl (C=O) groups excluding carboxylic acids is 1. The number of carbonyl (C=O) groups is 1. The maximum absolute atomic E-state index is 12.1. The zero-order chi connectivity index (χ0) is 14.0. The first kappa shape index (κ1) is 14.8. The van der Waals surface area contributed by atoms with Gasteiger partial charge in [-0.3, -0.25) is 4.79 Å². The molecular formula is C12H13BrClNO3S. The van der Waals surface area contributed by atoms with Crippen molar-refractivity contribution in [1.29, 1.82) is 0 Å². The Kier molecular flexibility index (Phi) is 4.53. The quantitative estimate of drug-likeness (QED) is 0.874. The van der Waals surface area contributed by atoms with Crippen molar-refractivity contribution in [2.24, 2.45) is 0 Å². The average Bonchev–Trinajstić information content (AvgIpc) is 2.35. The molecule has 104 valence electrons. The Labute approximate surface area is 125 Å². The normalized spacial score (nSPS) is 19.1. The van der Waals surface area contributed by atoms with Crippen LogP contribution in [0.25, 0.3) is 0 Å². The highest BCUT2D eigenvalue weighted by atomic mass is 79.9. The van der Waals surface area contributed by atoms with E-state index in [9.17, 15) is 13.2 Å². The Hall–Kier alpha value is -0.590. The van der Waals surface area contributed by atoms with E-state index in [0.29, 0.717) is 27.9 Å². The van der Waals surface area contributed by atoms with Crippen LogP contribution in [0.15, 0.2) is 22.7 Å². The minimum atomic E-state index is -2.91. The fourth-order valence-electron chi connectivity index (χ4n) is 1.97. The SMILES string of the molecule is O=C(NC1CCS(=O)(=O)CC1)c1cc(Cl)ccc1Br. The fraction of sp³-hybridized carbons (Fsp3) is 0.417. The molecule has 0 atom stereocenters. The number of rotatable bonds is 2. The summed E-state index contributed by atoms with van der Waals surface area (Å²) in [5.74, 6) is 0.0298. The Morgan fingerprint density at radius 1 is 1.32 bits per heavy atom. The first-order chi connectivity index (χ1) is 8.87. The van der Waals surface area contributed by atoms with Crippen LogP contribution in [0.4, 0.5) is 0 Å². The standard InChI is InChI=1S/C12H13BrClNO3S/c13-11-2-1-8(14)7-10(11)12(16)15-9-3-5-19(17,18)6-4-9/h1-2,7,9H,3-6H2,(H,15,16). The number of halogens is 2. The summed E-state index contributed by atoms with van der Waals surface area (Å²) in [5, 5.41) is 3.33. The molecule has 0 aliphatic carbocycles. The lowest BCUT2D eigenvalue weighted by Crippen LogP contribution is -2.40. The Bertz CT molecular complexity index is 589. The van der Waals surface area contributed by atoms with E-state index in [1.165, 1.54) is 0 Å². The highest BCUT2D eigenvalue weighted by molar-refractivity contribution is 9.10. The summed E-state index contributed by atoms with van der Waals surface area (Å²) < 4.78 is 23.3. The van der Waals surface area contributed by atoms with Crippen LogP contribution >= 0.6 is 27.5 Å². The van der Waals surface area contributed by atoms with Gasteiger partial charge in [0, 0.05) is 15.5 Å². The molecular weight excluding hydrogens is 354 g/mol. The van der Waals surface area contributed by atoms with Gasteiger partial charge in [0.25, 0.3) is 5.91 Å². The molecule has 4 nitrogen and oxygen atoms in total. The van der Waals surface area contributed by atoms with Gasteiger partial charge in [0.1, 0.15) is 9.84 Å². The number of sulfone groups is 1. The van der Waals surface area contributed by atoms with Crippen LogP contribution in [0.5, 0.6) is 0 Å². The van der Waals surface area contributed by atoms with Crippen LogP contribution in [-0.2, 0) is 9.84 Å². The highest BCUT2D eigenvalue weighted by Gasteiger charge is 2.25. The smallest absolute Gasteiger partial charge is 0.252 e. The second kappa shape index (κ2) is 5.81. The van der Waals surface area contributed by atoms with E-state index < -0.39 is 9.84 Å². The third-order valence-corrected chi connectivity index (χ3v) is 5.70. The summed E-state index contributed by atoms with van der Waals surface area (Å²) in [6, 6.07) is 4.89. The predicted molar refractivity (Wildman–Crippen MR) is 78.3 cm³/mol. The van der Waals surface area contributed by atoms with Crippen molar-refractivity contribution in [1.82, 2.24) is 5.32 Å². The predicted octanol–water partition coefficient (Wildman–Crippen LogP) is 2.41. The monoisotopic (exact) mass is 365 g/mol. The van der Waals surface area contributed by atoms with Gasteiger partial charge < -0.3 is 5.32 Å². The molecule has 1 aromatic carbocycles. The molecule has 1 amide bonds. The Morgan fingerprint density at radius 2 is 1.95 bits per heavy atom. The third-order valence-electron chi connectivity index (χ3n) is 3.06. The van der Waals surface area contributed by atoms with E-state index >= 15 is 0 Å².